The van der Waals surface area contributed by atoms with E-state index in [-0.39, 0.29) is 35.5 Å². The van der Waals surface area contributed by atoms with Crippen molar-refractivity contribution in [3.05, 3.63) is 30.1 Å². The molecule has 1 aromatic rings. The van der Waals surface area contributed by atoms with Crippen molar-refractivity contribution in [2.75, 3.05) is 60.2 Å². The molecular formula is C19H31FIN3O3. The molecule has 1 aliphatic heterocycles. The zero-order valence-corrected chi connectivity index (χ0v) is 18.5. The number of para-hydroxylation sites is 1. The summed E-state index contributed by atoms with van der Waals surface area (Å²) in [6, 6.07) is 6.41. The van der Waals surface area contributed by atoms with Crippen LogP contribution in [-0.4, -0.2) is 71.1 Å². The fraction of sp³-hybridized carbons (Fsp3) is 0.632. The summed E-state index contributed by atoms with van der Waals surface area (Å²) in [4.78, 5) is 6.21. The molecule has 6 nitrogen and oxygen atoms in total. The molecule has 1 aliphatic rings. The second-order valence-corrected chi connectivity index (χ2v) is 6.33. The molecule has 1 fully saturated rings. The molecule has 0 bridgehead atoms. The lowest BCUT2D eigenvalue weighted by molar-refractivity contribution is 0.0887. The largest absolute Gasteiger partial charge is 0.489 e. The summed E-state index contributed by atoms with van der Waals surface area (Å²) in [6.45, 7) is 4.95. The number of nitrogens with one attached hydrogen (secondary N) is 1. The summed E-state index contributed by atoms with van der Waals surface area (Å²) in [6.07, 6.45) is 2.01. The van der Waals surface area contributed by atoms with Gasteiger partial charge in [-0.1, -0.05) is 12.1 Å². The molecule has 0 aliphatic carbocycles. The van der Waals surface area contributed by atoms with E-state index in [1.165, 1.54) is 6.07 Å². The fourth-order valence-electron chi connectivity index (χ4n) is 2.68. The molecule has 0 amide bonds. The van der Waals surface area contributed by atoms with Crippen molar-refractivity contribution >= 4 is 29.9 Å². The molecule has 1 atom stereocenters. The van der Waals surface area contributed by atoms with Gasteiger partial charge in [0.25, 0.3) is 0 Å². The van der Waals surface area contributed by atoms with Crippen molar-refractivity contribution in [2.45, 2.75) is 12.8 Å². The summed E-state index contributed by atoms with van der Waals surface area (Å²) in [5, 5.41) is 3.30. The molecule has 1 heterocycles. The minimum absolute atomic E-state index is 0. The Bertz CT molecular complexity index is 557. The van der Waals surface area contributed by atoms with Gasteiger partial charge in [0.15, 0.2) is 17.5 Å². The van der Waals surface area contributed by atoms with Crippen molar-refractivity contribution in [3.63, 3.8) is 0 Å². The fourth-order valence-corrected chi connectivity index (χ4v) is 2.68. The van der Waals surface area contributed by atoms with Crippen molar-refractivity contribution in [3.8, 4) is 5.75 Å². The molecule has 0 spiro atoms. The second kappa shape index (κ2) is 14.0. The molecule has 27 heavy (non-hydrogen) atoms. The van der Waals surface area contributed by atoms with Crippen molar-refractivity contribution in [1.29, 1.82) is 0 Å². The van der Waals surface area contributed by atoms with E-state index < -0.39 is 0 Å². The number of guanidine groups is 1. The summed E-state index contributed by atoms with van der Waals surface area (Å²) < 4.78 is 30.0. The van der Waals surface area contributed by atoms with Crippen LogP contribution in [-0.2, 0) is 9.47 Å². The van der Waals surface area contributed by atoms with Crippen LogP contribution in [0.25, 0.3) is 0 Å². The van der Waals surface area contributed by atoms with Gasteiger partial charge in [0.2, 0.25) is 0 Å². The average Bonchev–Trinajstić information content (AvgIpc) is 3.16. The molecule has 0 aromatic heterocycles. The van der Waals surface area contributed by atoms with E-state index in [4.69, 9.17) is 14.2 Å². The van der Waals surface area contributed by atoms with E-state index in [9.17, 15) is 4.39 Å². The number of halogens is 2. The van der Waals surface area contributed by atoms with Crippen LogP contribution in [0, 0.1) is 11.7 Å². The van der Waals surface area contributed by atoms with Gasteiger partial charge in [-0.25, -0.2) is 4.39 Å². The molecule has 1 aromatic carbocycles. The highest BCUT2D eigenvalue weighted by Crippen LogP contribution is 2.15. The molecule has 1 N–H and O–H groups in total. The van der Waals surface area contributed by atoms with E-state index in [0.29, 0.717) is 19.1 Å². The molecule has 1 saturated heterocycles. The first kappa shape index (κ1) is 23.9. The Labute approximate surface area is 178 Å². The Morgan fingerprint density at radius 1 is 1.37 bits per heavy atom. The first-order chi connectivity index (χ1) is 12.7. The number of ether oxygens (including phenoxy) is 3. The van der Waals surface area contributed by atoms with Gasteiger partial charge in [0.05, 0.1) is 19.8 Å². The van der Waals surface area contributed by atoms with Crippen LogP contribution in [0.2, 0.25) is 0 Å². The normalized spacial score (nSPS) is 16.7. The van der Waals surface area contributed by atoms with Gasteiger partial charge in [-0.05, 0) is 25.0 Å². The molecule has 2 rings (SSSR count). The number of nitrogens with zero attached hydrogens (tertiary/aromatic N) is 2. The first-order valence-electron chi connectivity index (χ1n) is 9.15. The Hall–Kier alpha value is -1.13. The average molecular weight is 495 g/mol. The number of benzene rings is 1. The summed E-state index contributed by atoms with van der Waals surface area (Å²) in [5.41, 5.74) is 0. The smallest absolute Gasteiger partial charge is 0.193 e. The Kier molecular flexibility index (Phi) is 12.4. The van der Waals surface area contributed by atoms with Gasteiger partial charge >= 0.3 is 0 Å². The van der Waals surface area contributed by atoms with Crippen LogP contribution in [0.5, 0.6) is 5.75 Å². The van der Waals surface area contributed by atoms with Crippen LogP contribution < -0.4 is 10.1 Å². The second-order valence-electron chi connectivity index (χ2n) is 6.33. The predicted molar refractivity (Wildman–Crippen MR) is 116 cm³/mol. The summed E-state index contributed by atoms with van der Waals surface area (Å²) >= 11 is 0. The van der Waals surface area contributed by atoms with Crippen molar-refractivity contribution in [2.24, 2.45) is 10.9 Å². The van der Waals surface area contributed by atoms with E-state index in [0.717, 1.165) is 51.8 Å². The van der Waals surface area contributed by atoms with Crippen LogP contribution in [0.4, 0.5) is 4.39 Å². The number of rotatable bonds is 10. The van der Waals surface area contributed by atoms with Gasteiger partial charge in [-0.15, -0.1) is 24.0 Å². The number of hydrogen-bond acceptors (Lipinski definition) is 4. The van der Waals surface area contributed by atoms with E-state index in [1.54, 1.807) is 25.2 Å². The zero-order valence-electron chi connectivity index (χ0n) is 16.2. The monoisotopic (exact) mass is 495 g/mol. The van der Waals surface area contributed by atoms with Crippen LogP contribution in [0.15, 0.2) is 29.3 Å². The van der Waals surface area contributed by atoms with Crippen LogP contribution in [0.1, 0.15) is 12.8 Å². The molecule has 0 saturated carbocycles. The van der Waals surface area contributed by atoms with Crippen LogP contribution >= 0.6 is 24.0 Å². The quantitative estimate of drug-likeness (QED) is 0.234. The lowest BCUT2D eigenvalue weighted by atomic mass is 10.1. The molecule has 8 heteroatoms. The van der Waals surface area contributed by atoms with Gasteiger partial charge in [0.1, 0.15) is 6.61 Å². The molecule has 154 valence electrons. The summed E-state index contributed by atoms with van der Waals surface area (Å²) in [7, 11) is 3.67. The standard InChI is InChI=1S/C19H30FN3O3.HI/c1-21-19(22-9-5-11-24-14-16-8-12-25-15-16)23(2)10-13-26-18-7-4-3-6-17(18)20;/h3-4,6-7,16H,5,8-15H2,1-2H3,(H,21,22);1H. The van der Waals surface area contributed by atoms with Gasteiger partial charge in [0, 0.05) is 39.8 Å². The van der Waals surface area contributed by atoms with E-state index >= 15 is 0 Å². The maximum absolute atomic E-state index is 13.5. The maximum atomic E-state index is 13.5. The Balaban J connectivity index is 0.00000364. The summed E-state index contributed by atoms with van der Waals surface area (Å²) in [5.74, 6) is 1.26. The Morgan fingerprint density at radius 2 is 2.19 bits per heavy atom. The maximum Gasteiger partial charge on any atom is 0.193 e. The Morgan fingerprint density at radius 3 is 2.89 bits per heavy atom. The molecule has 0 radical (unpaired) electrons. The molecular weight excluding hydrogens is 464 g/mol. The van der Waals surface area contributed by atoms with Gasteiger partial charge in [-0.2, -0.15) is 0 Å². The predicted octanol–water partition coefficient (Wildman–Crippen LogP) is 2.77. The van der Waals surface area contributed by atoms with Crippen molar-refractivity contribution in [1.82, 2.24) is 10.2 Å². The SMILES string of the molecule is CN=C(NCCCOCC1CCOC1)N(C)CCOc1ccccc1F.I. The van der Waals surface area contributed by atoms with E-state index in [2.05, 4.69) is 10.3 Å². The highest BCUT2D eigenvalue weighted by molar-refractivity contribution is 14.0. The van der Waals surface area contributed by atoms with Crippen LogP contribution in [0.3, 0.4) is 0 Å². The third-order valence-electron chi connectivity index (χ3n) is 4.22. The minimum Gasteiger partial charge on any atom is -0.489 e. The number of hydrogen-bond donors (Lipinski definition) is 1. The van der Waals surface area contributed by atoms with E-state index in [1.807, 2.05) is 11.9 Å². The topological polar surface area (TPSA) is 55.3 Å². The molecule has 1 unspecified atom stereocenters. The first-order valence-corrected chi connectivity index (χ1v) is 9.15. The van der Waals surface area contributed by atoms with Gasteiger partial charge < -0.3 is 24.4 Å². The highest BCUT2D eigenvalue weighted by atomic mass is 127. The third-order valence-corrected chi connectivity index (χ3v) is 4.22. The third kappa shape index (κ3) is 9.07. The zero-order chi connectivity index (χ0) is 18.6. The lowest BCUT2D eigenvalue weighted by Gasteiger charge is -2.22. The van der Waals surface area contributed by atoms with Crippen molar-refractivity contribution < 1.29 is 18.6 Å². The minimum atomic E-state index is -0.346. The van der Waals surface area contributed by atoms with Gasteiger partial charge in [-0.3, -0.25) is 4.99 Å². The lowest BCUT2D eigenvalue weighted by Crippen LogP contribution is -2.41. The number of likely N-dealkylation sites (N-methyl/N-ethyl adjacent to an activating group) is 1. The number of aliphatic imine (C=N–C) groups is 1. The highest BCUT2D eigenvalue weighted by Gasteiger charge is 2.15.